The molecule has 0 aromatic carbocycles. The zero-order valence-electron chi connectivity index (χ0n) is 14.6. The first-order chi connectivity index (χ1) is 11.6. The highest BCUT2D eigenvalue weighted by atomic mass is 16.5. The monoisotopic (exact) mass is 333 g/mol. The van der Waals surface area contributed by atoms with Crippen molar-refractivity contribution in [1.82, 2.24) is 14.8 Å². The van der Waals surface area contributed by atoms with Crippen LogP contribution in [0.3, 0.4) is 0 Å². The summed E-state index contributed by atoms with van der Waals surface area (Å²) in [4.78, 5) is 20.9. The van der Waals surface area contributed by atoms with Gasteiger partial charge in [0, 0.05) is 44.5 Å². The molecule has 2 aliphatic heterocycles. The number of hydrogen-bond acceptors (Lipinski definition) is 5. The van der Waals surface area contributed by atoms with Gasteiger partial charge in [-0.1, -0.05) is 19.9 Å². The Kier molecular flexibility index (Phi) is 5.48. The lowest BCUT2D eigenvalue weighted by atomic mass is 10.0. The molecule has 0 bridgehead atoms. The Morgan fingerprint density at radius 1 is 1.33 bits per heavy atom. The predicted molar refractivity (Wildman–Crippen MR) is 90.4 cm³/mol. The van der Waals surface area contributed by atoms with Gasteiger partial charge in [-0.25, -0.2) is 0 Å². The molecule has 1 aromatic heterocycles. The summed E-state index contributed by atoms with van der Waals surface area (Å²) >= 11 is 0. The Hall–Kier alpha value is -1.50. The SMILES string of the molecule is CC(C)C(=O)N1CCO[C@]2(COCCN(Cc3cccnc3)C2)C1. The topological polar surface area (TPSA) is 54.9 Å². The van der Waals surface area contributed by atoms with Gasteiger partial charge in [-0.3, -0.25) is 14.7 Å². The van der Waals surface area contributed by atoms with E-state index < -0.39 is 5.60 Å². The van der Waals surface area contributed by atoms with Crippen molar-refractivity contribution in [3.8, 4) is 0 Å². The van der Waals surface area contributed by atoms with Crippen LogP contribution < -0.4 is 0 Å². The molecule has 132 valence electrons. The summed E-state index contributed by atoms with van der Waals surface area (Å²) in [5, 5.41) is 0. The highest BCUT2D eigenvalue weighted by Gasteiger charge is 2.41. The summed E-state index contributed by atoms with van der Waals surface area (Å²) in [5.74, 6) is 0.207. The van der Waals surface area contributed by atoms with Crippen LogP contribution in [0, 0.1) is 5.92 Å². The van der Waals surface area contributed by atoms with Crippen LogP contribution in [0.4, 0.5) is 0 Å². The maximum absolute atomic E-state index is 12.4. The smallest absolute Gasteiger partial charge is 0.225 e. The normalized spacial score (nSPS) is 25.9. The Morgan fingerprint density at radius 3 is 2.96 bits per heavy atom. The van der Waals surface area contributed by atoms with Crippen molar-refractivity contribution >= 4 is 5.91 Å². The van der Waals surface area contributed by atoms with Crippen molar-refractivity contribution in [3.63, 3.8) is 0 Å². The lowest BCUT2D eigenvalue weighted by molar-refractivity contribution is -0.164. The van der Waals surface area contributed by atoms with Gasteiger partial charge in [0.15, 0.2) is 0 Å². The van der Waals surface area contributed by atoms with Crippen molar-refractivity contribution in [2.45, 2.75) is 26.0 Å². The van der Waals surface area contributed by atoms with Gasteiger partial charge >= 0.3 is 0 Å². The summed E-state index contributed by atoms with van der Waals surface area (Å²) in [6, 6.07) is 4.04. The van der Waals surface area contributed by atoms with Crippen molar-refractivity contribution in [2.75, 3.05) is 46.0 Å². The van der Waals surface area contributed by atoms with Crippen molar-refractivity contribution in [3.05, 3.63) is 30.1 Å². The first-order valence-electron chi connectivity index (χ1n) is 8.70. The fourth-order valence-corrected chi connectivity index (χ4v) is 3.45. The number of aromatic nitrogens is 1. The highest BCUT2D eigenvalue weighted by Crippen LogP contribution is 2.24. The molecule has 0 saturated carbocycles. The Labute approximate surface area is 143 Å². The van der Waals surface area contributed by atoms with Crippen LogP contribution in [0.2, 0.25) is 0 Å². The third-order valence-electron chi connectivity index (χ3n) is 4.61. The van der Waals surface area contributed by atoms with Crippen LogP contribution in [0.25, 0.3) is 0 Å². The fourth-order valence-electron chi connectivity index (χ4n) is 3.45. The van der Waals surface area contributed by atoms with Crippen LogP contribution in [0.15, 0.2) is 24.5 Å². The number of nitrogens with zero attached hydrogens (tertiary/aromatic N) is 3. The van der Waals surface area contributed by atoms with Crippen molar-refractivity contribution in [1.29, 1.82) is 0 Å². The molecule has 6 heteroatoms. The molecule has 0 radical (unpaired) electrons. The van der Waals surface area contributed by atoms with Crippen molar-refractivity contribution < 1.29 is 14.3 Å². The number of amides is 1. The average molecular weight is 333 g/mol. The third kappa shape index (κ3) is 4.12. The second kappa shape index (κ2) is 7.59. The minimum absolute atomic E-state index is 0.0124. The molecule has 24 heavy (non-hydrogen) atoms. The maximum Gasteiger partial charge on any atom is 0.225 e. The second-order valence-electron chi connectivity index (χ2n) is 7.07. The van der Waals surface area contributed by atoms with Gasteiger partial charge in [-0.2, -0.15) is 0 Å². The van der Waals surface area contributed by atoms with Crippen LogP contribution in [0.5, 0.6) is 0 Å². The Bertz CT molecular complexity index is 552. The van der Waals surface area contributed by atoms with Gasteiger partial charge in [0.1, 0.15) is 5.60 Å². The van der Waals surface area contributed by atoms with E-state index >= 15 is 0 Å². The number of rotatable bonds is 3. The maximum atomic E-state index is 12.4. The van der Waals surface area contributed by atoms with E-state index in [9.17, 15) is 4.79 Å². The lowest BCUT2D eigenvalue weighted by Crippen LogP contribution is -2.60. The number of morpholine rings is 1. The van der Waals surface area contributed by atoms with Gasteiger partial charge in [0.2, 0.25) is 5.91 Å². The number of carbonyl (C=O) groups excluding carboxylic acids is 1. The first-order valence-corrected chi connectivity index (χ1v) is 8.70. The van der Waals surface area contributed by atoms with E-state index in [2.05, 4.69) is 16.0 Å². The average Bonchev–Trinajstić information content (AvgIpc) is 2.77. The summed E-state index contributed by atoms with van der Waals surface area (Å²) in [6.45, 7) is 9.41. The molecule has 2 saturated heterocycles. The van der Waals surface area contributed by atoms with E-state index in [0.29, 0.717) is 32.9 Å². The van der Waals surface area contributed by atoms with E-state index in [1.165, 1.54) is 5.56 Å². The zero-order valence-corrected chi connectivity index (χ0v) is 14.6. The van der Waals surface area contributed by atoms with Crippen molar-refractivity contribution in [2.24, 2.45) is 5.92 Å². The molecule has 0 aliphatic carbocycles. The first kappa shape index (κ1) is 17.3. The number of hydrogen-bond donors (Lipinski definition) is 0. The lowest BCUT2D eigenvalue weighted by Gasteiger charge is -2.43. The van der Waals surface area contributed by atoms with Crippen LogP contribution in [0.1, 0.15) is 19.4 Å². The molecule has 3 heterocycles. The minimum Gasteiger partial charge on any atom is -0.377 e. The van der Waals surface area contributed by atoms with Gasteiger partial charge in [-0.05, 0) is 11.6 Å². The van der Waals surface area contributed by atoms with E-state index in [1.807, 2.05) is 31.0 Å². The highest BCUT2D eigenvalue weighted by molar-refractivity contribution is 5.78. The van der Waals surface area contributed by atoms with Gasteiger partial charge < -0.3 is 14.4 Å². The fraction of sp³-hybridized carbons (Fsp3) is 0.667. The van der Waals surface area contributed by atoms with Gasteiger partial charge in [0.05, 0.1) is 26.4 Å². The molecule has 6 nitrogen and oxygen atoms in total. The summed E-state index contributed by atoms with van der Waals surface area (Å²) in [7, 11) is 0. The molecular weight excluding hydrogens is 306 g/mol. The molecule has 3 rings (SSSR count). The van der Waals surface area contributed by atoms with Crippen LogP contribution in [-0.2, 0) is 20.8 Å². The van der Waals surface area contributed by atoms with E-state index in [0.717, 1.165) is 19.6 Å². The number of carbonyl (C=O) groups is 1. The second-order valence-corrected chi connectivity index (χ2v) is 7.07. The predicted octanol–water partition coefficient (Wildman–Crippen LogP) is 1.17. The largest absolute Gasteiger partial charge is 0.377 e. The van der Waals surface area contributed by atoms with Gasteiger partial charge in [-0.15, -0.1) is 0 Å². The van der Waals surface area contributed by atoms with Crippen LogP contribution in [-0.4, -0.2) is 72.3 Å². The third-order valence-corrected chi connectivity index (χ3v) is 4.61. The molecule has 1 atom stereocenters. The molecule has 0 N–H and O–H groups in total. The summed E-state index contributed by atoms with van der Waals surface area (Å²) in [6.07, 6.45) is 3.69. The molecule has 1 aromatic rings. The van der Waals surface area contributed by atoms with E-state index in [4.69, 9.17) is 9.47 Å². The Morgan fingerprint density at radius 2 is 2.21 bits per heavy atom. The molecule has 1 spiro atoms. The van der Waals surface area contributed by atoms with Gasteiger partial charge in [0.25, 0.3) is 0 Å². The number of ether oxygens (including phenoxy) is 2. The zero-order chi connectivity index (χ0) is 17.0. The summed E-state index contributed by atoms with van der Waals surface area (Å²) in [5.41, 5.74) is 0.752. The van der Waals surface area contributed by atoms with E-state index in [1.54, 1.807) is 6.20 Å². The molecule has 2 aliphatic rings. The quantitative estimate of drug-likeness (QED) is 0.831. The Balaban J connectivity index is 1.70. The number of pyridine rings is 1. The standard InChI is InChI=1S/C18H27N3O3/c1-15(2)17(22)21-7-9-24-18(13-21)12-20(6-8-23-14-18)11-16-4-3-5-19-10-16/h3-5,10,15H,6-9,11-14H2,1-2H3/t18-/m0/s1. The summed E-state index contributed by atoms with van der Waals surface area (Å²) < 4.78 is 12.0. The molecule has 2 fully saturated rings. The van der Waals surface area contributed by atoms with E-state index in [-0.39, 0.29) is 11.8 Å². The minimum atomic E-state index is -0.429. The molecule has 1 amide bonds. The van der Waals surface area contributed by atoms with Crippen LogP contribution >= 0.6 is 0 Å². The molecule has 0 unspecified atom stereocenters. The molecular formula is C18H27N3O3.